The van der Waals surface area contributed by atoms with Crippen LogP contribution in [0.2, 0.25) is 0 Å². The van der Waals surface area contributed by atoms with Gasteiger partial charge >= 0.3 is 0 Å². The summed E-state index contributed by atoms with van der Waals surface area (Å²) in [5, 5.41) is 3.67. The van der Waals surface area contributed by atoms with Crippen molar-refractivity contribution in [1.29, 1.82) is 0 Å². The minimum atomic E-state index is -0.391. The third kappa shape index (κ3) is 3.49. The van der Waals surface area contributed by atoms with E-state index in [0.717, 1.165) is 31.5 Å². The number of carbonyl (C=O) groups excluding carboxylic acids is 1. The summed E-state index contributed by atoms with van der Waals surface area (Å²) in [6.45, 7) is 5.11. The Morgan fingerprint density at radius 2 is 2.08 bits per heavy atom. The van der Waals surface area contributed by atoms with E-state index < -0.39 is 5.91 Å². The highest BCUT2D eigenvalue weighted by atomic mass is 16.1. The van der Waals surface area contributed by atoms with Crippen molar-refractivity contribution in [1.82, 2.24) is 10.3 Å². The molecule has 1 aliphatic carbocycles. The first-order chi connectivity index (χ1) is 11.6. The van der Waals surface area contributed by atoms with E-state index in [0.29, 0.717) is 11.6 Å². The fourth-order valence-corrected chi connectivity index (χ4v) is 3.62. The molecule has 0 spiro atoms. The Labute approximate surface area is 143 Å². The van der Waals surface area contributed by atoms with Crippen molar-refractivity contribution in [2.24, 2.45) is 5.73 Å². The minimum Gasteiger partial charge on any atom is -0.366 e. The SMILES string of the molecule is Cc1ccc(CN[C@H]2CCC[C@@H]2c2ncccc2C(N)=O)cc1C. The average molecular weight is 323 g/mol. The molecule has 3 N–H and O–H groups in total. The lowest BCUT2D eigenvalue weighted by Crippen LogP contribution is -2.32. The van der Waals surface area contributed by atoms with Crippen LogP contribution in [0.1, 0.15) is 57.9 Å². The van der Waals surface area contributed by atoms with E-state index in [4.69, 9.17) is 5.73 Å². The maximum Gasteiger partial charge on any atom is 0.250 e. The van der Waals surface area contributed by atoms with Gasteiger partial charge in [-0.3, -0.25) is 9.78 Å². The molecule has 0 bridgehead atoms. The normalized spacial score (nSPS) is 20.2. The van der Waals surface area contributed by atoms with Gasteiger partial charge in [0.25, 0.3) is 5.91 Å². The first-order valence-corrected chi connectivity index (χ1v) is 8.60. The highest BCUT2D eigenvalue weighted by Crippen LogP contribution is 2.35. The molecule has 1 aromatic carbocycles. The molecule has 1 saturated carbocycles. The first-order valence-electron chi connectivity index (χ1n) is 8.60. The predicted octanol–water partition coefficient (Wildman–Crippen LogP) is 3.22. The van der Waals surface area contributed by atoms with Crippen molar-refractivity contribution < 1.29 is 4.79 Å². The summed E-state index contributed by atoms with van der Waals surface area (Å²) in [7, 11) is 0. The second-order valence-electron chi connectivity index (χ2n) is 6.74. The van der Waals surface area contributed by atoms with Gasteiger partial charge in [0.05, 0.1) is 11.3 Å². The Bertz CT molecular complexity index is 741. The van der Waals surface area contributed by atoms with Crippen LogP contribution in [0, 0.1) is 13.8 Å². The summed E-state index contributed by atoms with van der Waals surface area (Å²) >= 11 is 0. The molecule has 0 aliphatic heterocycles. The van der Waals surface area contributed by atoms with Gasteiger partial charge in [-0.05, 0) is 55.5 Å². The van der Waals surface area contributed by atoms with Gasteiger partial charge in [0, 0.05) is 24.7 Å². The number of hydrogen-bond donors (Lipinski definition) is 2. The van der Waals surface area contributed by atoms with Crippen LogP contribution >= 0.6 is 0 Å². The number of aromatic nitrogens is 1. The fourth-order valence-electron chi connectivity index (χ4n) is 3.62. The topological polar surface area (TPSA) is 68.0 Å². The van der Waals surface area contributed by atoms with Gasteiger partial charge in [-0.2, -0.15) is 0 Å². The van der Waals surface area contributed by atoms with Crippen LogP contribution < -0.4 is 11.1 Å². The molecule has 0 radical (unpaired) electrons. The van der Waals surface area contributed by atoms with Crippen molar-refractivity contribution in [3.05, 3.63) is 64.5 Å². The second-order valence-corrected chi connectivity index (χ2v) is 6.74. The molecular weight excluding hydrogens is 298 g/mol. The Balaban J connectivity index is 1.74. The van der Waals surface area contributed by atoms with Gasteiger partial charge < -0.3 is 11.1 Å². The quantitative estimate of drug-likeness (QED) is 0.887. The summed E-state index contributed by atoms with van der Waals surface area (Å²) in [6.07, 6.45) is 5.04. The van der Waals surface area contributed by atoms with Crippen molar-refractivity contribution in [2.45, 2.75) is 51.6 Å². The van der Waals surface area contributed by atoms with E-state index >= 15 is 0 Å². The van der Waals surface area contributed by atoms with Crippen LogP contribution in [0.5, 0.6) is 0 Å². The highest BCUT2D eigenvalue weighted by molar-refractivity contribution is 5.94. The molecule has 1 heterocycles. The number of nitrogens with zero attached hydrogens (tertiary/aromatic N) is 1. The standard InChI is InChI=1S/C20H25N3O/c1-13-8-9-15(11-14(13)2)12-23-18-7-3-5-16(18)19-17(20(21)24)6-4-10-22-19/h4,6,8-11,16,18,23H,3,5,7,12H2,1-2H3,(H2,21,24)/t16-,18-/m0/s1. The molecule has 1 amide bonds. The molecule has 2 aromatic rings. The molecule has 3 rings (SSSR count). The smallest absolute Gasteiger partial charge is 0.250 e. The molecule has 0 unspecified atom stereocenters. The fraction of sp³-hybridized carbons (Fsp3) is 0.400. The van der Waals surface area contributed by atoms with Crippen LogP contribution in [0.25, 0.3) is 0 Å². The van der Waals surface area contributed by atoms with Crippen LogP contribution in [0.15, 0.2) is 36.5 Å². The van der Waals surface area contributed by atoms with Crippen molar-refractivity contribution in [3.8, 4) is 0 Å². The highest BCUT2D eigenvalue weighted by Gasteiger charge is 2.31. The lowest BCUT2D eigenvalue weighted by molar-refractivity contribution is 0.0998. The second kappa shape index (κ2) is 7.14. The zero-order valence-electron chi connectivity index (χ0n) is 14.4. The zero-order chi connectivity index (χ0) is 17.1. The number of rotatable bonds is 5. The van der Waals surface area contributed by atoms with Crippen LogP contribution in [0.3, 0.4) is 0 Å². The van der Waals surface area contributed by atoms with E-state index in [9.17, 15) is 4.79 Å². The van der Waals surface area contributed by atoms with E-state index in [1.54, 1.807) is 18.3 Å². The van der Waals surface area contributed by atoms with Gasteiger partial charge in [0.1, 0.15) is 0 Å². The van der Waals surface area contributed by atoms with Crippen LogP contribution in [0.4, 0.5) is 0 Å². The summed E-state index contributed by atoms with van der Waals surface area (Å²) in [5.74, 6) is -0.141. The lowest BCUT2D eigenvalue weighted by atomic mass is 9.94. The van der Waals surface area contributed by atoms with Crippen LogP contribution in [-0.2, 0) is 6.54 Å². The monoisotopic (exact) mass is 323 g/mol. The molecule has 1 aromatic heterocycles. The minimum absolute atomic E-state index is 0.250. The van der Waals surface area contributed by atoms with E-state index in [-0.39, 0.29) is 5.92 Å². The third-order valence-electron chi connectivity index (χ3n) is 5.11. The summed E-state index contributed by atoms with van der Waals surface area (Å²) in [5.41, 5.74) is 10.9. The molecule has 24 heavy (non-hydrogen) atoms. The number of carbonyl (C=O) groups is 1. The maximum absolute atomic E-state index is 11.7. The van der Waals surface area contributed by atoms with Crippen LogP contribution in [-0.4, -0.2) is 16.9 Å². The number of aryl methyl sites for hydroxylation is 2. The molecule has 2 atom stereocenters. The van der Waals surface area contributed by atoms with E-state index in [1.807, 2.05) is 0 Å². The summed E-state index contributed by atoms with van der Waals surface area (Å²) in [6, 6.07) is 10.5. The molecule has 0 saturated heterocycles. The zero-order valence-corrected chi connectivity index (χ0v) is 14.4. The Kier molecular flexibility index (Phi) is 4.95. The molecule has 4 nitrogen and oxygen atoms in total. The average Bonchev–Trinajstić information content (AvgIpc) is 3.04. The molecular formula is C20H25N3O. The van der Waals surface area contributed by atoms with Gasteiger partial charge in [-0.1, -0.05) is 24.6 Å². The largest absolute Gasteiger partial charge is 0.366 e. The Morgan fingerprint density at radius 3 is 2.83 bits per heavy atom. The number of pyridine rings is 1. The third-order valence-corrected chi connectivity index (χ3v) is 5.11. The van der Waals surface area contributed by atoms with Crippen molar-refractivity contribution >= 4 is 5.91 Å². The molecule has 1 aliphatic rings. The maximum atomic E-state index is 11.7. The number of hydrogen-bond acceptors (Lipinski definition) is 3. The number of nitrogens with one attached hydrogen (secondary N) is 1. The van der Waals surface area contributed by atoms with Gasteiger partial charge in [-0.15, -0.1) is 0 Å². The van der Waals surface area contributed by atoms with Crippen molar-refractivity contribution in [2.75, 3.05) is 0 Å². The molecule has 126 valence electrons. The number of primary amides is 1. The number of nitrogens with two attached hydrogens (primary N) is 1. The summed E-state index contributed by atoms with van der Waals surface area (Å²) in [4.78, 5) is 16.2. The molecule has 1 fully saturated rings. The number of benzene rings is 1. The summed E-state index contributed by atoms with van der Waals surface area (Å²) < 4.78 is 0. The van der Waals surface area contributed by atoms with Gasteiger partial charge in [-0.25, -0.2) is 0 Å². The van der Waals surface area contributed by atoms with E-state index in [1.165, 1.54) is 16.7 Å². The van der Waals surface area contributed by atoms with E-state index in [2.05, 4.69) is 42.3 Å². The van der Waals surface area contributed by atoms with Gasteiger partial charge in [0.15, 0.2) is 0 Å². The van der Waals surface area contributed by atoms with Crippen molar-refractivity contribution in [3.63, 3.8) is 0 Å². The lowest BCUT2D eigenvalue weighted by Gasteiger charge is -2.22. The number of amides is 1. The first kappa shape index (κ1) is 16.7. The Hall–Kier alpha value is -2.20. The molecule has 4 heteroatoms. The predicted molar refractivity (Wildman–Crippen MR) is 95.9 cm³/mol. The Morgan fingerprint density at radius 1 is 1.25 bits per heavy atom. The van der Waals surface area contributed by atoms with Gasteiger partial charge in [0.2, 0.25) is 0 Å².